The summed E-state index contributed by atoms with van der Waals surface area (Å²) in [5.41, 5.74) is 3.15. The van der Waals surface area contributed by atoms with Crippen molar-refractivity contribution in [1.82, 2.24) is 10.3 Å². The fourth-order valence-electron chi connectivity index (χ4n) is 3.73. The third-order valence-electron chi connectivity index (χ3n) is 5.50. The number of hydrogen-bond acceptors (Lipinski definition) is 9. The van der Waals surface area contributed by atoms with Crippen molar-refractivity contribution in [1.29, 1.82) is 5.26 Å². The van der Waals surface area contributed by atoms with Crippen LogP contribution >= 0.6 is 11.8 Å². The van der Waals surface area contributed by atoms with Crippen molar-refractivity contribution in [3.63, 3.8) is 0 Å². The number of anilines is 1. The number of ether oxygens (including phenoxy) is 3. The SMILES string of the molecule is COCC[n+]1cc(NC(=O)CSc2nc(-c3ccccc3)cc(-c3cccc(OC)c3OC)c2C#N)on1. The van der Waals surface area contributed by atoms with Gasteiger partial charge in [0.15, 0.2) is 11.5 Å². The van der Waals surface area contributed by atoms with Gasteiger partial charge in [0.2, 0.25) is 17.7 Å². The van der Waals surface area contributed by atoms with Gasteiger partial charge in [-0.15, -0.1) is 0 Å². The van der Waals surface area contributed by atoms with Gasteiger partial charge < -0.3 is 14.2 Å². The van der Waals surface area contributed by atoms with Crippen LogP contribution in [0.1, 0.15) is 5.56 Å². The summed E-state index contributed by atoms with van der Waals surface area (Å²) in [6.07, 6.45) is 1.57. The van der Waals surface area contributed by atoms with E-state index in [0.717, 1.165) is 17.3 Å². The molecule has 10 nitrogen and oxygen atoms in total. The third kappa shape index (κ3) is 6.11. The highest BCUT2D eigenvalue weighted by atomic mass is 32.2. The zero-order valence-electron chi connectivity index (χ0n) is 21.1. The molecule has 0 saturated carbocycles. The van der Waals surface area contributed by atoms with Crippen LogP contribution in [-0.4, -0.2) is 49.9 Å². The highest BCUT2D eigenvalue weighted by molar-refractivity contribution is 8.00. The molecule has 4 aromatic rings. The van der Waals surface area contributed by atoms with Crippen LogP contribution in [0, 0.1) is 11.3 Å². The Hall–Kier alpha value is -4.40. The molecule has 2 aromatic heterocycles. The van der Waals surface area contributed by atoms with Crippen molar-refractivity contribution in [3.05, 3.63) is 66.4 Å². The number of carbonyl (C=O) groups excluding carboxylic acids is 1. The number of hydrogen-bond donors (Lipinski definition) is 1. The van der Waals surface area contributed by atoms with Crippen molar-refractivity contribution in [3.8, 4) is 40.0 Å². The maximum atomic E-state index is 12.7. The largest absolute Gasteiger partial charge is 0.493 e. The number of methoxy groups -OCH3 is 3. The quantitative estimate of drug-likeness (QED) is 0.226. The van der Waals surface area contributed by atoms with E-state index in [4.69, 9.17) is 23.7 Å². The fraction of sp³-hybridized carbons (Fsp3) is 0.222. The van der Waals surface area contributed by atoms with Crippen LogP contribution in [0.3, 0.4) is 0 Å². The van der Waals surface area contributed by atoms with Crippen LogP contribution < -0.4 is 19.5 Å². The summed E-state index contributed by atoms with van der Waals surface area (Å²) in [6.45, 7) is 0.948. The van der Waals surface area contributed by atoms with E-state index in [0.29, 0.717) is 52.1 Å². The second-order valence-electron chi connectivity index (χ2n) is 7.91. The van der Waals surface area contributed by atoms with Gasteiger partial charge in [0.1, 0.15) is 17.7 Å². The predicted molar refractivity (Wildman–Crippen MR) is 141 cm³/mol. The number of rotatable bonds is 11. The van der Waals surface area contributed by atoms with Crippen molar-refractivity contribution >= 4 is 23.6 Å². The van der Waals surface area contributed by atoms with Gasteiger partial charge in [-0.3, -0.25) is 14.6 Å². The van der Waals surface area contributed by atoms with Gasteiger partial charge in [-0.05, 0) is 16.8 Å². The zero-order chi connectivity index (χ0) is 26.9. The summed E-state index contributed by atoms with van der Waals surface area (Å²) in [5.74, 6) is 0.905. The first-order chi connectivity index (χ1) is 18.6. The first-order valence-electron chi connectivity index (χ1n) is 11.6. The van der Waals surface area contributed by atoms with Gasteiger partial charge in [-0.2, -0.15) is 5.26 Å². The monoisotopic (exact) mass is 532 g/mol. The lowest BCUT2D eigenvalue weighted by Crippen LogP contribution is -2.36. The second kappa shape index (κ2) is 12.7. The summed E-state index contributed by atoms with van der Waals surface area (Å²) in [4.78, 5) is 17.5. The number of nitrogens with zero attached hydrogens (tertiary/aromatic N) is 4. The highest BCUT2D eigenvalue weighted by Gasteiger charge is 2.21. The standard InChI is InChI=1S/C27H25N5O5S/c1-34-13-12-32-16-25(37-31-32)30-24(33)17-38-27-21(15-28)20(14-22(29-27)18-8-5-4-6-9-18)19-10-7-11-23(35-2)26(19)36-3/h4-11,14,16H,12-13,17H2,1-3H3/p+1. The van der Waals surface area contributed by atoms with Crippen LogP contribution in [-0.2, 0) is 16.1 Å². The lowest BCUT2D eigenvalue weighted by atomic mass is 9.98. The van der Waals surface area contributed by atoms with E-state index in [2.05, 4.69) is 16.7 Å². The molecule has 2 heterocycles. The van der Waals surface area contributed by atoms with Crippen LogP contribution in [0.25, 0.3) is 22.4 Å². The molecule has 0 spiro atoms. The molecule has 1 amide bonds. The molecule has 0 unspecified atom stereocenters. The Bertz CT molecular complexity index is 1450. The van der Waals surface area contributed by atoms with Crippen LogP contribution in [0.15, 0.2) is 70.3 Å². The molecule has 2 aromatic carbocycles. The lowest BCUT2D eigenvalue weighted by molar-refractivity contribution is -0.763. The molecular formula is C27H26N5O5S+. The van der Waals surface area contributed by atoms with Gasteiger partial charge >= 0.3 is 5.88 Å². The minimum atomic E-state index is -0.332. The van der Waals surface area contributed by atoms with E-state index >= 15 is 0 Å². The zero-order valence-corrected chi connectivity index (χ0v) is 21.9. The highest BCUT2D eigenvalue weighted by Crippen LogP contribution is 2.42. The van der Waals surface area contributed by atoms with E-state index in [1.54, 1.807) is 33.6 Å². The third-order valence-corrected chi connectivity index (χ3v) is 6.47. The molecule has 0 saturated heterocycles. The summed E-state index contributed by atoms with van der Waals surface area (Å²) in [6, 6.07) is 19.2. The van der Waals surface area contributed by atoms with Crippen molar-refractivity contribution < 1.29 is 28.2 Å². The molecule has 194 valence electrons. The Balaban J connectivity index is 1.68. The normalized spacial score (nSPS) is 10.6. The average molecular weight is 533 g/mol. The Morgan fingerprint density at radius 3 is 2.63 bits per heavy atom. The predicted octanol–water partition coefficient (Wildman–Crippen LogP) is 3.96. The van der Waals surface area contributed by atoms with E-state index in [9.17, 15) is 10.1 Å². The van der Waals surface area contributed by atoms with Gasteiger partial charge in [0.05, 0.1) is 31.2 Å². The Morgan fingerprint density at radius 2 is 1.92 bits per heavy atom. The molecule has 1 N–H and O–H groups in total. The Labute approximate surface area is 224 Å². The molecule has 0 radical (unpaired) electrons. The topological polar surface area (TPSA) is 123 Å². The summed E-state index contributed by atoms with van der Waals surface area (Å²) >= 11 is 1.15. The van der Waals surface area contributed by atoms with E-state index < -0.39 is 0 Å². The van der Waals surface area contributed by atoms with E-state index in [1.165, 1.54) is 4.68 Å². The minimum absolute atomic E-state index is 0.00657. The maximum absolute atomic E-state index is 12.7. The number of pyridine rings is 1. The van der Waals surface area contributed by atoms with E-state index in [1.807, 2.05) is 48.5 Å². The molecule has 0 aliphatic heterocycles. The van der Waals surface area contributed by atoms with Crippen molar-refractivity contribution in [2.45, 2.75) is 11.6 Å². The van der Waals surface area contributed by atoms with Gasteiger partial charge in [-0.25, -0.2) is 4.98 Å². The number of nitrogens with one attached hydrogen (secondary N) is 1. The van der Waals surface area contributed by atoms with Crippen LogP contribution in [0.2, 0.25) is 0 Å². The summed E-state index contributed by atoms with van der Waals surface area (Å²) in [5, 5.41) is 17.1. The van der Waals surface area contributed by atoms with Crippen LogP contribution in [0.4, 0.5) is 5.88 Å². The Morgan fingerprint density at radius 1 is 1.11 bits per heavy atom. The first kappa shape index (κ1) is 26.7. The van der Waals surface area contributed by atoms with Crippen molar-refractivity contribution in [2.75, 3.05) is 39.0 Å². The fourth-order valence-corrected chi connectivity index (χ4v) is 4.54. The lowest BCUT2D eigenvalue weighted by Gasteiger charge is -2.16. The molecule has 0 fully saturated rings. The molecule has 11 heteroatoms. The molecule has 38 heavy (non-hydrogen) atoms. The maximum Gasteiger partial charge on any atom is 0.302 e. The van der Waals surface area contributed by atoms with Gasteiger partial charge in [-0.1, -0.05) is 54.2 Å². The van der Waals surface area contributed by atoms with Crippen LogP contribution in [0.5, 0.6) is 11.5 Å². The minimum Gasteiger partial charge on any atom is -0.493 e. The number of carbonyl (C=O) groups is 1. The number of thioether (sulfide) groups is 1. The first-order valence-corrected chi connectivity index (χ1v) is 12.6. The number of nitriles is 1. The van der Waals surface area contributed by atoms with Gasteiger partial charge in [0.25, 0.3) is 6.20 Å². The average Bonchev–Trinajstić information content (AvgIpc) is 3.41. The second-order valence-corrected chi connectivity index (χ2v) is 8.88. The number of aromatic nitrogens is 3. The number of benzene rings is 2. The summed E-state index contributed by atoms with van der Waals surface area (Å²) in [7, 11) is 4.70. The molecule has 0 bridgehead atoms. The molecule has 4 rings (SSSR count). The smallest absolute Gasteiger partial charge is 0.302 e. The number of amides is 1. The molecule has 0 aliphatic rings. The van der Waals surface area contributed by atoms with Gasteiger partial charge in [0, 0.05) is 23.8 Å². The molecule has 0 atom stereocenters. The summed E-state index contributed by atoms with van der Waals surface area (Å²) < 4.78 is 22.8. The van der Waals surface area contributed by atoms with E-state index in [-0.39, 0.29) is 17.5 Å². The molecule has 0 aliphatic carbocycles. The van der Waals surface area contributed by atoms with Crippen molar-refractivity contribution in [2.24, 2.45) is 0 Å². The number of para-hydroxylation sites is 1. The Kier molecular flexibility index (Phi) is 8.92. The molecular weight excluding hydrogens is 506 g/mol.